The molecule has 0 heterocycles. The van der Waals surface area contributed by atoms with Crippen molar-refractivity contribution < 1.29 is 13.2 Å². The maximum atomic E-state index is 11.9. The van der Waals surface area contributed by atoms with E-state index < -0.39 is 10.0 Å². The van der Waals surface area contributed by atoms with Crippen LogP contribution >= 0.6 is 0 Å². The van der Waals surface area contributed by atoms with Crippen molar-refractivity contribution in [2.75, 3.05) is 39.1 Å². The summed E-state index contributed by atoms with van der Waals surface area (Å²) >= 11 is 0. The molecule has 0 aliphatic heterocycles. The van der Waals surface area contributed by atoms with Crippen molar-refractivity contribution in [1.82, 2.24) is 4.31 Å². The lowest BCUT2D eigenvalue weighted by molar-refractivity contribution is 0.182. The second kappa shape index (κ2) is 8.69. The lowest BCUT2D eigenvalue weighted by Crippen LogP contribution is -2.35. The fourth-order valence-electron chi connectivity index (χ4n) is 1.24. The molecule has 0 radical (unpaired) electrons. The van der Waals surface area contributed by atoms with Crippen LogP contribution in [-0.2, 0) is 14.8 Å². The van der Waals surface area contributed by atoms with Gasteiger partial charge in [-0.05, 0) is 19.4 Å². The van der Waals surface area contributed by atoms with Crippen LogP contribution in [0, 0.1) is 0 Å². The topological polar surface area (TPSA) is 72.6 Å². The zero-order valence-electron chi connectivity index (χ0n) is 9.89. The van der Waals surface area contributed by atoms with Gasteiger partial charge in [-0.25, -0.2) is 8.42 Å². The number of sulfonamides is 1. The van der Waals surface area contributed by atoms with Crippen molar-refractivity contribution in [2.45, 2.75) is 12.8 Å². The SMILES string of the molecule is C=CCN(CCOC)S(=O)(=O)CCCCN. The molecule has 6 heteroatoms. The zero-order chi connectivity index (χ0) is 12.4. The molecule has 0 aromatic carbocycles. The van der Waals surface area contributed by atoms with E-state index in [0.29, 0.717) is 32.7 Å². The molecule has 0 unspecified atom stereocenters. The summed E-state index contributed by atoms with van der Waals surface area (Å²) in [5, 5.41) is 0. The van der Waals surface area contributed by atoms with E-state index in [2.05, 4.69) is 6.58 Å². The molecule has 5 nitrogen and oxygen atoms in total. The van der Waals surface area contributed by atoms with Gasteiger partial charge < -0.3 is 10.5 Å². The average Bonchev–Trinajstić information content (AvgIpc) is 2.24. The van der Waals surface area contributed by atoms with E-state index in [1.807, 2.05) is 0 Å². The predicted octanol–water partition coefficient (Wildman–Crippen LogP) is 0.190. The Hall–Kier alpha value is -0.430. The Morgan fingerprint density at radius 3 is 2.62 bits per heavy atom. The summed E-state index contributed by atoms with van der Waals surface area (Å²) in [6.45, 7) is 5.16. The second-order valence-electron chi connectivity index (χ2n) is 3.45. The Bertz CT molecular complexity index is 278. The van der Waals surface area contributed by atoms with Crippen molar-refractivity contribution in [1.29, 1.82) is 0 Å². The normalized spacial score (nSPS) is 11.9. The van der Waals surface area contributed by atoms with Crippen LogP contribution in [0.25, 0.3) is 0 Å². The van der Waals surface area contributed by atoms with E-state index in [0.717, 1.165) is 6.42 Å². The van der Waals surface area contributed by atoms with E-state index >= 15 is 0 Å². The van der Waals surface area contributed by atoms with Crippen LogP contribution in [0.15, 0.2) is 12.7 Å². The Balaban J connectivity index is 4.30. The summed E-state index contributed by atoms with van der Waals surface area (Å²) in [6.07, 6.45) is 2.90. The summed E-state index contributed by atoms with van der Waals surface area (Å²) < 4.78 is 30.0. The number of nitrogens with two attached hydrogens (primary N) is 1. The molecule has 96 valence electrons. The minimum Gasteiger partial charge on any atom is -0.383 e. The number of hydrogen-bond donors (Lipinski definition) is 1. The summed E-state index contributed by atoms with van der Waals surface area (Å²) in [5.41, 5.74) is 5.33. The molecule has 0 fully saturated rings. The van der Waals surface area contributed by atoms with E-state index in [-0.39, 0.29) is 5.75 Å². The smallest absolute Gasteiger partial charge is 0.214 e. The standard InChI is InChI=1S/C10H22N2O3S/c1-3-7-12(8-9-15-2)16(13,14)10-5-4-6-11/h3H,1,4-11H2,2H3. The lowest BCUT2D eigenvalue weighted by atomic mass is 10.3. The molecule has 0 aromatic heterocycles. The first kappa shape index (κ1) is 15.6. The van der Waals surface area contributed by atoms with E-state index in [1.54, 1.807) is 13.2 Å². The molecule has 16 heavy (non-hydrogen) atoms. The quantitative estimate of drug-likeness (QED) is 0.444. The van der Waals surface area contributed by atoms with Gasteiger partial charge in [-0.2, -0.15) is 4.31 Å². The van der Waals surface area contributed by atoms with Crippen LogP contribution in [0.2, 0.25) is 0 Å². The van der Waals surface area contributed by atoms with Gasteiger partial charge in [0.2, 0.25) is 10.0 Å². The number of nitrogens with zero attached hydrogens (tertiary/aromatic N) is 1. The highest BCUT2D eigenvalue weighted by molar-refractivity contribution is 7.89. The van der Waals surface area contributed by atoms with Crippen LogP contribution in [0.4, 0.5) is 0 Å². The first-order chi connectivity index (χ1) is 7.58. The van der Waals surface area contributed by atoms with Crippen LogP contribution in [0.5, 0.6) is 0 Å². The van der Waals surface area contributed by atoms with Crippen molar-refractivity contribution in [3.8, 4) is 0 Å². The molecular formula is C10H22N2O3S. The summed E-state index contributed by atoms with van der Waals surface area (Å²) in [4.78, 5) is 0. The molecular weight excluding hydrogens is 228 g/mol. The Kier molecular flexibility index (Phi) is 8.46. The Morgan fingerprint density at radius 1 is 1.44 bits per heavy atom. The van der Waals surface area contributed by atoms with Crippen molar-refractivity contribution in [2.24, 2.45) is 5.73 Å². The molecule has 0 rings (SSSR count). The highest BCUT2D eigenvalue weighted by Crippen LogP contribution is 2.04. The molecule has 0 amide bonds. The number of unbranched alkanes of at least 4 members (excludes halogenated alkanes) is 1. The molecule has 0 bridgehead atoms. The van der Waals surface area contributed by atoms with Gasteiger partial charge in [-0.15, -0.1) is 6.58 Å². The first-order valence-corrected chi connectivity index (χ1v) is 6.97. The van der Waals surface area contributed by atoms with E-state index in [9.17, 15) is 8.42 Å². The van der Waals surface area contributed by atoms with Gasteiger partial charge in [0.25, 0.3) is 0 Å². The number of hydrogen-bond acceptors (Lipinski definition) is 4. The monoisotopic (exact) mass is 250 g/mol. The van der Waals surface area contributed by atoms with Gasteiger partial charge in [-0.1, -0.05) is 6.08 Å². The third kappa shape index (κ3) is 6.22. The maximum absolute atomic E-state index is 11.9. The van der Waals surface area contributed by atoms with Crippen LogP contribution in [0.3, 0.4) is 0 Å². The van der Waals surface area contributed by atoms with Gasteiger partial charge in [0.05, 0.1) is 12.4 Å². The lowest BCUT2D eigenvalue weighted by Gasteiger charge is -2.20. The Labute approximate surface area is 98.3 Å². The maximum Gasteiger partial charge on any atom is 0.214 e. The highest BCUT2D eigenvalue weighted by atomic mass is 32.2. The van der Waals surface area contributed by atoms with Crippen LogP contribution in [-0.4, -0.2) is 51.8 Å². The van der Waals surface area contributed by atoms with E-state index in [1.165, 1.54) is 4.31 Å². The van der Waals surface area contributed by atoms with Crippen molar-refractivity contribution in [3.63, 3.8) is 0 Å². The number of rotatable bonds is 10. The molecule has 0 saturated heterocycles. The number of methoxy groups -OCH3 is 1. The zero-order valence-corrected chi connectivity index (χ0v) is 10.7. The largest absolute Gasteiger partial charge is 0.383 e. The Morgan fingerprint density at radius 2 is 2.12 bits per heavy atom. The highest BCUT2D eigenvalue weighted by Gasteiger charge is 2.19. The van der Waals surface area contributed by atoms with Crippen molar-refractivity contribution >= 4 is 10.0 Å². The van der Waals surface area contributed by atoms with Crippen LogP contribution < -0.4 is 5.73 Å². The molecule has 2 N–H and O–H groups in total. The fourth-order valence-corrected chi connectivity index (χ4v) is 2.75. The van der Waals surface area contributed by atoms with E-state index in [4.69, 9.17) is 10.5 Å². The minimum absolute atomic E-state index is 0.141. The summed E-state index contributed by atoms with van der Waals surface area (Å²) in [6, 6.07) is 0. The van der Waals surface area contributed by atoms with Gasteiger partial charge in [-0.3, -0.25) is 0 Å². The molecule has 0 saturated carbocycles. The molecule has 0 aliphatic carbocycles. The molecule has 0 aliphatic rings. The van der Waals surface area contributed by atoms with Gasteiger partial charge in [0.1, 0.15) is 0 Å². The first-order valence-electron chi connectivity index (χ1n) is 5.36. The molecule has 0 atom stereocenters. The summed E-state index contributed by atoms with van der Waals surface area (Å²) in [7, 11) is -1.65. The third-order valence-corrected chi connectivity index (χ3v) is 4.05. The van der Waals surface area contributed by atoms with Gasteiger partial charge >= 0.3 is 0 Å². The van der Waals surface area contributed by atoms with Crippen LogP contribution in [0.1, 0.15) is 12.8 Å². The van der Waals surface area contributed by atoms with Gasteiger partial charge in [0, 0.05) is 20.2 Å². The molecule has 0 spiro atoms. The fraction of sp³-hybridized carbons (Fsp3) is 0.800. The second-order valence-corrected chi connectivity index (χ2v) is 5.54. The predicted molar refractivity (Wildman–Crippen MR) is 65.7 cm³/mol. The number of ether oxygens (including phenoxy) is 1. The third-order valence-electron chi connectivity index (χ3n) is 2.13. The van der Waals surface area contributed by atoms with Gasteiger partial charge in [0.15, 0.2) is 0 Å². The van der Waals surface area contributed by atoms with Crippen molar-refractivity contribution in [3.05, 3.63) is 12.7 Å². The summed E-state index contributed by atoms with van der Waals surface area (Å²) in [5.74, 6) is 0.141. The minimum atomic E-state index is -3.20. The molecule has 0 aromatic rings. The average molecular weight is 250 g/mol.